The number of hydrogen-bond acceptors (Lipinski definition) is 4. The van der Waals surface area contributed by atoms with Gasteiger partial charge in [0.2, 0.25) is 0 Å². The molecule has 0 radical (unpaired) electrons. The molecule has 1 aromatic rings. The third-order valence-electron chi connectivity index (χ3n) is 4.05. The number of likely N-dealkylation sites (tertiary alicyclic amines) is 1. The summed E-state index contributed by atoms with van der Waals surface area (Å²) >= 11 is 0. The zero-order valence-corrected chi connectivity index (χ0v) is 12.0. The largest absolute Gasteiger partial charge is 0.508 e. The number of Topliss-reactive ketones (excluding diaryl/α,β-unsaturated/α-hetero) is 1. The molecule has 1 unspecified atom stereocenters. The van der Waals surface area contributed by atoms with Crippen molar-refractivity contribution in [1.82, 2.24) is 4.90 Å². The second kappa shape index (κ2) is 6.86. The lowest BCUT2D eigenvalue weighted by atomic mass is 10.1. The Hall–Kier alpha value is -1.39. The zero-order chi connectivity index (χ0) is 14.5. The van der Waals surface area contributed by atoms with E-state index in [1.807, 2.05) is 0 Å². The molecule has 110 valence electrons. The summed E-state index contributed by atoms with van der Waals surface area (Å²) in [6, 6.07) is 5.53. The lowest BCUT2D eigenvalue weighted by molar-refractivity contribution is 0.101. The van der Waals surface area contributed by atoms with Gasteiger partial charge in [-0.1, -0.05) is 0 Å². The minimum absolute atomic E-state index is 0.0181. The van der Waals surface area contributed by atoms with Gasteiger partial charge in [-0.2, -0.15) is 0 Å². The number of carbonyl (C=O) groups is 1. The number of aromatic hydroxyl groups is 1. The summed E-state index contributed by atoms with van der Waals surface area (Å²) in [5.74, 6) is 0.271. The lowest BCUT2D eigenvalue weighted by Gasteiger charge is -2.24. The van der Waals surface area contributed by atoms with Gasteiger partial charge in [0.05, 0.1) is 0 Å². The monoisotopic (exact) mass is 277 g/mol. The number of benzene rings is 1. The van der Waals surface area contributed by atoms with Gasteiger partial charge in [-0.3, -0.25) is 9.69 Å². The number of carbonyl (C=O) groups excluding carboxylic acids is 1. The molecule has 0 aromatic heterocycles. The first-order chi connectivity index (χ1) is 9.61. The van der Waals surface area contributed by atoms with Crippen LogP contribution in [0, 0.1) is 0 Å². The second-order valence-electron chi connectivity index (χ2n) is 5.53. The van der Waals surface area contributed by atoms with Crippen molar-refractivity contribution in [2.24, 2.45) is 0 Å². The highest BCUT2D eigenvalue weighted by Gasteiger charge is 2.24. The van der Waals surface area contributed by atoms with Gasteiger partial charge in [-0.15, -0.1) is 0 Å². The van der Waals surface area contributed by atoms with Crippen molar-refractivity contribution in [2.45, 2.75) is 45.2 Å². The molecule has 0 saturated carbocycles. The van der Waals surface area contributed by atoms with E-state index in [1.54, 1.807) is 18.2 Å². The van der Waals surface area contributed by atoms with Crippen LogP contribution in [-0.2, 0) is 6.54 Å². The fourth-order valence-electron chi connectivity index (χ4n) is 2.91. The normalized spacial score (nSPS) is 19.4. The van der Waals surface area contributed by atoms with Gasteiger partial charge < -0.3 is 10.2 Å². The topological polar surface area (TPSA) is 60.8 Å². The Morgan fingerprint density at radius 3 is 2.95 bits per heavy atom. The van der Waals surface area contributed by atoms with Crippen LogP contribution in [0.2, 0.25) is 0 Å². The number of aliphatic hydroxyl groups is 1. The molecule has 1 saturated heterocycles. The zero-order valence-electron chi connectivity index (χ0n) is 12.0. The Morgan fingerprint density at radius 2 is 2.25 bits per heavy atom. The average molecular weight is 277 g/mol. The van der Waals surface area contributed by atoms with Gasteiger partial charge in [-0.25, -0.2) is 0 Å². The minimum Gasteiger partial charge on any atom is -0.508 e. The van der Waals surface area contributed by atoms with E-state index < -0.39 is 0 Å². The predicted molar refractivity (Wildman–Crippen MR) is 77.9 cm³/mol. The Labute approximate surface area is 120 Å². The van der Waals surface area contributed by atoms with Crippen LogP contribution in [0.1, 0.15) is 48.5 Å². The summed E-state index contributed by atoms with van der Waals surface area (Å²) < 4.78 is 0. The summed E-state index contributed by atoms with van der Waals surface area (Å²) in [5.41, 5.74) is 1.46. The van der Waals surface area contributed by atoms with Crippen molar-refractivity contribution in [3.05, 3.63) is 29.3 Å². The van der Waals surface area contributed by atoms with Crippen molar-refractivity contribution in [2.75, 3.05) is 13.2 Å². The maximum Gasteiger partial charge on any atom is 0.159 e. The van der Waals surface area contributed by atoms with Crippen molar-refractivity contribution in [3.8, 4) is 5.75 Å². The van der Waals surface area contributed by atoms with Crippen LogP contribution in [0.3, 0.4) is 0 Å². The fraction of sp³-hybridized carbons (Fsp3) is 0.562. The van der Waals surface area contributed by atoms with Crippen molar-refractivity contribution >= 4 is 5.78 Å². The van der Waals surface area contributed by atoms with Crippen molar-refractivity contribution in [3.63, 3.8) is 0 Å². The Balaban J connectivity index is 2.08. The number of aliphatic hydroxyl groups excluding tert-OH is 1. The Morgan fingerprint density at radius 1 is 1.45 bits per heavy atom. The molecule has 20 heavy (non-hydrogen) atoms. The predicted octanol–water partition coefficient (Wildman–Crippen LogP) is 2.33. The molecule has 4 nitrogen and oxygen atoms in total. The first kappa shape index (κ1) is 15.0. The van der Waals surface area contributed by atoms with Crippen LogP contribution in [0.4, 0.5) is 0 Å². The van der Waals surface area contributed by atoms with Gasteiger partial charge in [0, 0.05) is 30.3 Å². The van der Waals surface area contributed by atoms with Gasteiger partial charge in [0.25, 0.3) is 0 Å². The number of ketones is 1. The molecule has 1 atom stereocenters. The lowest BCUT2D eigenvalue weighted by Crippen LogP contribution is -2.29. The molecule has 0 spiro atoms. The van der Waals surface area contributed by atoms with E-state index in [0.29, 0.717) is 18.2 Å². The Bertz CT molecular complexity index is 473. The first-order valence-electron chi connectivity index (χ1n) is 7.29. The standard InChI is InChI=1S/C16H23NO3/c1-12(19)13-6-7-16(20)14(10-13)11-17-8-2-4-15(17)5-3-9-18/h6-7,10,15,18,20H,2-5,8-9,11H2,1H3. The summed E-state index contributed by atoms with van der Waals surface area (Å²) in [6.07, 6.45) is 4.11. The average Bonchev–Trinajstić information content (AvgIpc) is 2.86. The summed E-state index contributed by atoms with van der Waals surface area (Å²) in [7, 11) is 0. The number of nitrogens with zero attached hydrogens (tertiary/aromatic N) is 1. The third-order valence-corrected chi connectivity index (χ3v) is 4.05. The number of hydrogen-bond donors (Lipinski definition) is 2. The minimum atomic E-state index is 0.0181. The molecule has 1 aliphatic rings. The smallest absolute Gasteiger partial charge is 0.159 e. The van der Waals surface area contributed by atoms with E-state index in [0.717, 1.165) is 37.8 Å². The fourth-order valence-corrected chi connectivity index (χ4v) is 2.91. The van der Waals surface area contributed by atoms with Crippen LogP contribution < -0.4 is 0 Å². The van der Waals surface area contributed by atoms with E-state index >= 15 is 0 Å². The molecule has 1 aliphatic heterocycles. The SMILES string of the molecule is CC(=O)c1ccc(O)c(CN2CCCC2CCCO)c1. The molecule has 0 aliphatic carbocycles. The van der Waals surface area contributed by atoms with Crippen molar-refractivity contribution in [1.29, 1.82) is 0 Å². The van der Waals surface area contributed by atoms with E-state index in [2.05, 4.69) is 4.90 Å². The van der Waals surface area contributed by atoms with E-state index in [1.165, 1.54) is 6.92 Å². The highest BCUT2D eigenvalue weighted by atomic mass is 16.3. The number of phenolic OH excluding ortho intramolecular Hbond substituents is 1. The van der Waals surface area contributed by atoms with Gasteiger partial charge >= 0.3 is 0 Å². The maximum absolute atomic E-state index is 11.4. The van der Waals surface area contributed by atoms with Crippen molar-refractivity contribution < 1.29 is 15.0 Å². The third kappa shape index (κ3) is 3.58. The molecule has 0 bridgehead atoms. The van der Waals surface area contributed by atoms with E-state index in [9.17, 15) is 9.90 Å². The molecule has 1 fully saturated rings. The summed E-state index contributed by atoms with van der Waals surface area (Å²) in [6.45, 7) is 3.45. The number of rotatable bonds is 6. The van der Waals surface area contributed by atoms with E-state index in [4.69, 9.17) is 5.11 Å². The van der Waals surface area contributed by atoms with Gasteiger partial charge in [0.1, 0.15) is 5.75 Å². The molecule has 0 amide bonds. The van der Waals surface area contributed by atoms with Crippen LogP contribution in [-0.4, -0.2) is 40.1 Å². The molecular formula is C16H23NO3. The summed E-state index contributed by atoms with van der Waals surface area (Å²) in [4.78, 5) is 13.8. The second-order valence-corrected chi connectivity index (χ2v) is 5.53. The van der Waals surface area contributed by atoms with E-state index in [-0.39, 0.29) is 18.1 Å². The van der Waals surface area contributed by atoms with Crippen LogP contribution in [0.15, 0.2) is 18.2 Å². The highest BCUT2D eigenvalue weighted by molar-refractivity contribution is 5.94. The quantitative estimate of drug-likeness (QED) is 0.783. The molecule has 1 heterocycles. The van der Waals surface area contributed by atoms with Crippen LogP contribution in [0.5, 0.6) is 5.75 Å². The van der Waals surface area contributed by atoms with Crippen LogP contribution in [0.25, 0.3) is 0 Å². The number of phenols is 1. The van der Waals surface area contributed by atoms with Gasteiger partial charge in [-0.05, 0) is 57.4 Å². The molecular weight excluding hydrogens is 254 g/mol. The Kier molecular flexibility index (Phi) is 5.15. The van der Waals surface area contributed by atoms with Gasteiger partial charge in [0.15, 0.2) is 5.78 Å². The molecule has 4 heteroatoms. The molecule has 1 aromatic carbocycles. The maximum atomic E-state index is 11.4. The van der Waals surface area contributed by atoms with Crippen LogP contribution >= 0.6 is 0 Å². The molecule has 2 rings (SSSR count). The summed E-state index contributed by atoms with van der Waals surface area (Å²) in [5, 5.41) is 18.9. The molecule has 2 N–H and O–H groups in total. The first-order valence-corrected chi connectivity index (χ1v) is 7.29. The highest BCUT2D eigenvalue weighted by Crippen LogP contribution is 2.27.